The summed E-state index contributed by atoms with van der Waals surface area (Å²) in [6.45, 7) is 0. The van der Waals surface area contributed by atoms with Gasteiger partial charge in [0.1, 0.15) is 11.3 Å². The van der Waals surface area contributed by atoms with E-state index in [0.717, 1.165) is 28.1 Å². The Kier molecular flexibility index (Phi) is 6.05. The predicted molar refractivity (Wildman–Crippen MR) is 126 cm³/mol. The van der Waals surface area contributed by atoms with Gasteiger partial charge in [0, 0.05) is 23.4 Å². The highest BCUT2D eigenvalue weighted by atomic mass is 32.1. The Morgan fingerprint density at radius 1 is 1.06 bits per heavy atom. The molecule has 7 heteroatoms. The first kappa shape index (κ1) is 20.3. The Morgan fingerprint density at radius 3 is 2.58 bits per heavy atom. The van der Waals surface area contributed by atoms with Gasteiger partial charge in [-0.05, 0) is 60.3 Å². The maximum atomic E-state index is 12.0. The van der Waals surface area contributed by atoms with Crippen LogP contribution in [-0.2, 0) is 4.79 Å². The van der Waals surface area contributed by atoms with Crippen LogP contribution in [-0.4, -0.2) is 23.1 Å². The molecule has 0 spiro atoms. The van der Waals surface area contributed by atoms with Gasteiger partial charge in [-0.2, -0.15) is 0 Å². The van der Waals surface area contributed by atoms with Crippen LogP contribution in [0.4, 0.5) is 5.69 Å². The molecule has 0 unspecified atom stereocenters. The Bertz CT molecular complexity index is 1250. The maximum Gasteiger partial charge on any atom is 0.250 e. The lowest BCUT2D eigenvalue weighted by molar-refractivity contribution is -0.115. The van der Waals surface area contributed by atoms with E-state index in [9.17, 15) is 4.79 Å². The van der Waals surface area contributed by atoms with Gasteiger partial charge in [0.2, 0.25) is 11.8 Å². The third-order valence-corrected chi connectivity index (χ3v) is 4.65. The summed E-state index contributed by atoms with van der Waals surface area (Å²) in [6, 6.07) is 22.4. The number of oxazole rings is 1. The summed E-state index contributed by atoms with van der Waals surface area (Å²) in [4.78, 5) is 16.5. The number of hydrogen-bond acceptors (Lipinski definition) is 5. The number of benzene rings is 3. The normalized spacial score (nSPS) is 10.9. The van der Waals surface area contributed by atoms with Crippen molar-refractivity contribution < 1.29 is 13.9 Å². The number of methoxy groups -OCH3 is 1. The van der Waals surface area contributed by atoms with Crippen LogP contribution in [0, 0.1) is 0 Å². The van der Waals surface area contributed by atoms with Crippen LogP contribution in [0.15, 0.2) is 83.3 Å². The summed E-state index contributed by atoms with van der Waals surface area (Å²) in [5, 5.41) is 5.83. The fourth-order valence-corrected chi connectivity index (χ4v) is 3.12. The molecular formula is C24H19N3O3S. The molecule has 3 aromatic carbocycles. The first-order chi connectivity index (χ1) is 15.1. The largest absolute Gasteiger partial charge is 0.497 e. The zero-order chi connectivity index (χ0) is 21.6. The molecule has 1 heterocycles. The number of rotatable bonds is 5. The molecule has 4 aromatic rings. The summed E-state index contributed by atoms with van der Waals surface area (Å²) in [6.07, 6.45) is 3.16. The van der Waals surface area contributed by atoms with E-state index < -0.39 is 0 Å². The van der Waals surface area contributed by atoms with Gasteiger partial charge < -0.3 is 14.5 Å². The third-order valence-electron chi connectivity index (χ3n) is 4.45. The second kappa shape index (κ2) is 9.23. The molecule has 0 saturated carbocycles. The van der Waals surface area contributed by atoms with Crippen molar-refractivity contribution in [2.24, 2.45) is 0 Å². The lowest BCUT2D eigenvalue weighted by Crippen LogP contribution is -2.32. The lowest BCUT2D eigenvalue weighted by atomic mass is 10.2. The molecule has 0 radical (unpaired) electrons. The number of aromatic nitrogens is 1. The van der Waals surface area contributed by atoms with Crippen LogP contribution >= 0.6 is 12.2 Å². The molecule has 0 aliphatic rings. The number of amides is 1. The van der Waals surface area contributed by atoms with Crippen molar-refractivity contribution in [2.45, 2.75) is 0 Å². The quantitative estimate of drug-likeness (QED) is 0.342. The van der Waals surface area contributed by atoms with E-state index in [2.05, 4.69) is 15.6 Å². The number of nitrogens with zero attached hydrogens (tertiary/aromatic N) is 1. The lowest BCUT2D eigenvalue weighted by Gasteiger charge is -2.08. The van der Waals surface area contributed by atoms with Crippen molar-refractivity contribution in [1.29, 1.82) is 0 Å². The van der Waals surface area contributed by atoms with Gasteiger partial charge in [-0.25, -0.2) is 4.98 Å². The summed E-state index contributed by atoms with van der Waals surface area (Å²) >= 11 is 5.22. The van der Waals surface area contributed by atoms with Gasteiger partial charge in [-0.15, -0.1) is 0 Å². The van der Waals surface area contributed by atoms with Crippen LogP contribution in [0.2, 0.25) is 0 Å². The molecule has 0 fully saturated rings. The minimum Gasteiger partial charge on any atom is -0.497 e. The van der Waals surface area contributed by atoms with Gasteiger partial charge in [0.15, 0.2) is 10.7 Å². The Hall–Kier alpha value is -3.97. The molecule has 31 heavy (non-hydrogen) atoms. The van der Waals surface area contributed by atoms with Gasteiger partial charge in [-0.1, -0.05) is 30.3 Å². The minimum absolute atomic E-state index is 0.212. The topological polar surface area (TPSA) is 76.4 Å². The molecular weight excluding hydrogens is 410 g/mol. The van der Waals surface area contributed by atoms with Crippen LogP contribution < -0.4 is 15.4 Å². The van der Waals surface area contributed by atoms with E-state index in [-0.39, 0.29) is 11.0 Å². The number of hydrogen-bond donors (Lipinski definition) is 2. The van der Waals surface area contributed by atoms with E-state index in [0.29, 0.717) is 11.5 Å². The molecule has 6 nitrogen and oxygen atoms in total. The highest BCUT2D eigenvalue weighted by molar-refractivity contribution is 7.80. The molecule has 0 aliphatic heterocycles. The molecule has 0 atom stereocenters. The van der Waals surface area contributed by atoms with Gasteiger partial charge in [0.05, 0.1) is 7.11 Å². The standard InChI is InChI=1S/C24H19N3O3S/c1-29-19-12-13-21-20(15-19)26-23(30-21)17-8-10-18(11-9-17)25-24(31)27-22(28)14-7-16-5-3-2-4-6-16/h2-15H,1H3,(H2,25,27,28,31)/b14-7+. The molecule has 0 bridgehead atoms. The number of ether oxygens (including phenoxy) is 1. The number of carbonyl (C=O) groups is 1. The van der Waals surface area contributed by atoms with Crippen molar-refractivity contribution >= 4 is 46.1 Å². The predicted octanol–water partition coefficient (Wildman–Crippen LogP) is 5.03. The zero-order valence-electron chi connectivity index (χ0n) is 16.7. The molecule has 1 amide bonds. The summed E-state index contributed by atoms with van der Waals surface area (Å²) in [5.74, 6) is 0.928. The van der Waals surface area contributed by atoms with Gasteiger partial charge >= 0.3 is 0 Å². The first-order valence-electron chi connectivity index (χ1n) is 9.51. The van der Waals surface area contributed by atoms with Crippen molar-refractivity contribution in [3.8, 4) is 17.2 Å². The Morgan fingerprint density at radius 2 is 1.84 bits per heavy atom. The highest BCUT2D eigenvalue weighted by Gasteiger charge is 2.09. The second-order valence-electron chi connectivity index (χ2n) is 6.62. The van der Waals surface area contributed by atoms with Crippen LogP contribution in [0.5, 0.6) is 5.75 Å². The molecule has 154 valence electrons. The van der Waals surface area contributed by atoms with Gasteiger partial charge in [0.25, 0.3) is 0 Å². The van der Waals surface area contributed by atoms with E-state index in [1.165, 1.54) is 6.08 Å². The molecule has 0 saturated heterocycles. The number of nitrogens with one attached hydrogen (secondary N) is 2. The summed E-state index contributed by atoms with van der Waals surface area (Å²) in [5.41, 5.74) is 3.90. The number of thiocarbonyl (C=S) groups is 1. The average Bonchev–Trinajstić information content (AvgIpc) is 3.22. The minimum atomic E-state index is -0.306. The zero-order valence-corrected chi connectivity index (χ0v) is 17.5. The fraction of sp³-hybridized carbons (Fsp3) is 0.0417. The smallest absolute Gasteiger partial charge is 0.250 e. The fourth-order valence-electron chi connectivity index (χ4n) is 2.91. The van der Waals surface area contributed by atoms with Crippen LogP contribution in [0.3, 0.4) is 0 Å². The molecule has 2 N–H and O–H groups in total. The third kappa shape index (κ3) is 5.15. The Labute approximate surface area is 184 Å². The van der Waals surface area contributed by atoms with Gasteiger partial charge in [-0.3, -0.25) is 10.1 Å². The first-order valence-corrected chi connectivity index (χ1v) is 9.92. The second-order valence-corrected chi connectivity index (χ2v) is 7.03. The Balaban J connectivity index is 1.37. The van der Waals surface area contributed by atoms with Crippen molar-refractivity contribution in [1.82, 2.24) is 10.3 Å². The molecule has 1 aromatic heterocycles. The van der Waals surface area contributed by atoms with Crippen molar-refractivity contribution in [3.63, 3.8) is 0 Å². The summed E-state index contributed by atoms with van der Waals surface area (Å²) < 4.78 is 11.0. The van der Waals surface area contributed by atoms with Crippen molar-refractivity contribution in [3.05, 3.63) is 84.4 Å². The molecule has 0 aliphatic carbocycles. The van der Waals surface area contributed by atoms with E-state index in [1.54, 1.807) is 13.2 Å². The van der Waals surface area contributed by atoms with Crippen molar-refractivity contribution in [2.75, 3.05) is 12.4 Å². The van der Waals surface area contributed by atoms with E-state index >= 15 is 0 Å². The average molecular weight is 430 g/mol. The van der Waals surface area contributed by atoms with E-state index in [4.69, 9.17) is 21.4 Å². The van der Waals surface area contributed by atoms with Crippen LogP contribution in [0.1, 0.15) is 5.56 Å². The SMILES string of the molecule is COc1ccc2oc(-c3ccc(NC(=S)NC(=O)/C=C/c4ccccc4)cc3)nc2c1. The number of fused-ring (bicyclic) bond motifs is 1. The monoisotopic (exact) mass is 429 g/mol. The maximum absolute atomic E-state index is 12.0. The summed E-state index contributed by atoms with van der Waals surface area (Å²) in [7, 11) is 1.61. The van der Waals surface area contributed by atoms with Crippen LogP contribution in [0.25, 0.3) is 28.6 Å². The molecule has 4 rings (SSSR count). The van der Waals surface area contributed by atoms with E-state index in [1.807, 2.05) is 72.8 Å². The highest BCUT2D eigenvalue weighted by Crippen LogP contribution is 2.27. The number of carbonyl (C=O) groups excluding carboxylic acids is 1. The number of anilines is 1.